The maximum absolute atomic E-state index is 12.0. The monoisotopic (exact) mass is 268 g/mol. The number of para-hydroxylation sites is 1. The molecule has 0 spiro atoms. The Balaban J connectivity index is 1.95. The van der Waals surface area contributed by atoms with E-state index in [4.69, 9.17) is 10.3 Å². The number of nitrogens with zero attached hydrogens (tertiary/aromatic N) is 2. The molecule has 0 bridgehead atoms. The molecule has 20 heavy (non-hydrogen) atoms. The first-order chi connectivity index (χ1) is 9.65. The van der Waals surface area contributed by atoms with Crippen LogP contribution in [0.2, 0.25) is 0 Å². The predicted molar refractivity (Wildman–Crippen MR) is 75.3 cm³/mol. The predicted octanol–water partition coefficient (Wildman–Crippen LogP) is 2.37. The first-order valence-electron chi connectivity index (χ1n) is 6.03. The van der Waals surface area contributed by atoms with Crippen LogP contribution in [0.4, 0.5) is 11.4 Å². The highest BCUT2D eigenvalue weighted by Crippen LogP contribution is 2.26. The van der Waals surface area contributed by atoms with E-state index in [9.17, 15) is 4.79 Å². The smallest absolute Gasteiger partial charge is 0.294 e. The highest BCUT2D eigenvalue weighted by atomic mass is 16.5. The fourth-order valence-corrected chi connectivity index (χ4v) is 1.92. The van der Waals surface area contributed by atoms with Gasteiger partial charge in [-0.15, -0.1) is 0 Å². The van der Waals surface area contributed by atoms with Crippen LogP contribution in [-0.4, -0.2) is 16.0 Å². The van der Waals surface area contributed by atoms with Gasteiger partial charge < -0.3 is 15.6 Å². The number of carbonyl (C=O) groups is 1. The number of carbonyl (C=O) groups excluding carboxylic acids is 1. The molecule has 0 aliphatic carbocycles. The van der Waals surface area contributed by atoms with Gasteiger partial charge in [-0.3, -0.25) is 9.78 Å². The third-order valence-electron chi connectivity index (χ3n) is 2.92. The van der Waals surface area contributed by atoms with Crippen LogP contribution in [-0.2, 0) is 0 Å². The molecule has 6 heteroatoms. The largest absolute Gasteiger partial charge is 0.396 e. The zero-order valence-corrected chi connectivity index (χ0v) is 10.8. The van der Waals surface area contributed by atoms with Crippen LogP contribution in [0.15, 0.2) is 41.1 Å². The fourth-order valence-electron chi connectivity index (χ4n) is 1.92. The van der Waals surface area contributed by atoms with E-state index in [-0.39, 0.29) is 5.76 Å². The Bertz CT molecular complexity index is 795. The number of aryl methyl sites for hydroxylation is 1. The lowest BCUT2D eigenvalue weighted by Gasteiger charge is -2.08. The molecule has 0 radical (unpaired) electrons. The summed E-state index contributed by atoms with van der Waals surface area (Å²) in [5, 5.41) is 7.13. The molecule has 2 aromatic heterocycles. The van der Waals surface area contributed by atoms with E-state index in [1.165, 1.54) is 6.20 Å². The van der Waals surface area contributed by atoms with Crippen LogP contribution < -0.4 is 11.1 Å². The molecule has 0 saturated heterocycles. The number of anilines is 2. The van der Waals surface area contributed by atoms with Crippen molar-refractivity contribution < 1.29 is 9.32 Å². The number of hydrogen-bond donors (Lipinski definition) is 2. The van der Waals surface area contributed by atoms with E-state index in [1.54, 1.807) is 13.0 Å². The van der Waals surface area contributed by atoms with Crippen molar-refractivity contribution in [1.82, 2.24) is 10.1 Å². The Kier molecular flexibility index (Phi) is 2.83. The molecule has 0 atom stereocenters. The van der Waals surface area contributed by atoms with Crippen LogP contribution in [0.1, 0.15) is 16.2 Å². The Labute approximate surface area is 114 Å². The molecule has 3 rings (SSSR count). The molecular formula is C14H12N4O2. The minimum Gasteiger partial charge on any atom is -0.396 e. The molecule has 0 aliphatic heterocycles. The van der Waals surface area contributed by atoms with Gasteiger partial charge in [0.05, 0.1) is 28.8 Å². The van der Waals surface area contributed by atoms with Gasteiger partial charge in [-0.2, -0.15) is 0 Å². The first kappa shape index (κ1) is 12.2. The number of fused-ring (bicyclic) bond motifs is 1. The second-order valence-electron chi connectivity index (χ2n) is 4.39. The van der Waals surface area contributed by atoms with E-state index in [0.717, 1.165) is 10.9 Å². The van der Waals surface area contributed by atoms with Crippen molar-refractivity contribution in [2.75, 3.05) is 11.1 Å². The van der Waals surface area contributed by atoms with Crippen molar-refractivity contribution >= 4 is 28.2 Å². The van der Waals surface area contributed by atoms with Crippen LogP contribution in [0.3, 0.4) is 0 Å². The topological polar surface area (TPSA) is 94.0 Å². The SMILES string of the molecule is Cc1cc(C(=O)Nc2cnc3ccccc3c2N)on1. The molecule has 1 amide bonds. The number of hydrogen-bond acceptors (Lipinski definition) is 5. The lowest BCUT2D eigenvalue weighted by molar-refractivity contribution is 0.0988. The lowest BCUT2D eigenvalue weighted by Crippen LogP contribution is -2.12. The summed E-state index contributed by atoms with van der Waals surface area (Å²) < 4.78 is 4.90. The second kappa shape index (κ2) is 4.65. The number of aromatic nitrogens is 2. The molecule has 0 saturated carbocycles. The summed E-state index contributed by atoms with van der Waals surface area (Å²) in [4.78, 5) is 16.2. The van der Waals surface area contributed by atoms with Gasteiger partial charge in [0.2, 0.25) is 5.76 Å². The zero-order valence-electron chi connectivity index (χ0n) is 10.8. The number of nitrogen functional groups attached to an aromatic ring is 1. The Morgan fingerprint density at radius 3 is 2.90 bits per heavy atom. The van der Waals surface area contributed by atoms with E-state index in [2.05, 4.69) is 15.5 Å². The van der Waals surface area contributed by atoms with Gasteiger partial charge in [0.15, 0.2) is 0 Å². The Morgan fingerprint density at radius 1 is 1.35 bits per heavy atom. The van der Waals surface area contributed by atoms with Crippen LogP contribution >= 0.6 is 0 Å². The lowest BCUT2D eigenvalue weighted by atomic mass is 10.1. The molecule has 6 nitrogen and oxygen atoms in total. The molecule has 100 valence electrons. The molecule has 3 aromatic rings. The van der Waals surface area contributed by atoms with Gasteiger partial charge >= 0.3 is 0 Å². The van der Waals surface area contributed by atoms with Gasteiger partial charge in [-0.25, -0.2) is 0 Å². The average Bonchev–Trinajstić information content (AvgIpc) is 2.89. The van der Waals surface area contributed by atoms with Gasteiger partial charge in [-0.05, 0) is 13.0 Å². The summed E-state index contributed by atoms with van der Waals surface area (Å²) in [5.41, 5.74) is 8.38. The van der Waals surface area contributed by atoms with E-state index >= 15 is 0 Å². The fraction of sp³-hybridized carbons (Fsp3) is 0.0714. The maximum Gasteiger partial charge on any atom is 0.294 e. The molecule has 0 aliphatic rings. The van der Waals surface area contributed by atoms with Crippen LogP contribution in [0, 0.1) is 6.92 Å². The molecular weight excluding hydrogens is 256 g/mol. The van der Waals surface area contributed by atoms with Gasteiger partial charge in [0, 0.05) is 11.5 Å². The first-order valence-corrected chi connectivity index (χ1v) is 6.03. The number of nitrogens with two attached hydrogens (primary N) is 1. The van der Waals surface area contributed by atoms with E-state index in [0.29, 0.717) is 17.1 Å². The minimum absolute atomic E-state index is 0.134. The van der Waals surface area contributed by atoms with Gasteiger partial charge in [0.25, 0.3) is 5.91 Å². The summed E-state index contributed by atoms with van der Waals surface area (Å²) in [6, 6.07) is 9.01. The number of benzene rings is 1. The number of amides is 1. The quantitative estimate of drug-likeness (QED) is 0.744. The molecule has 2 heterocycles. The maximum atomic E-state index is 12.0. The molecule has 0 fully saturated rings. The number of nitrogens with one attached hydrogen (secondary N) is 1. The normalized spacial score (nSPS) is 10.7. The summed E-state index contributed by atoms with van der Waals surface area (Å²) in [6.45, 7) is 1.74. The highest BCUT2D eigenvalue weighted by Gasteiger charge is 2.14. The molecule has 3 N–H and O–H groups in total. The summed E-state index contributed by atoms with van der Waals surface area (Å²) in [7, 11) is 0. The van der Waals surface area contributed by atoms with Crippen LogP contribution in [0.25, 0.3) is 10.9 Å². The number of rotatable bonds is 2. The summed E-state index contributed by atoms with van der Waals surface area (Å²) >= 11 is 0. The van der Waals surface area contributed by atoms with Crippen molar-refractivity contribution in [3.8, 4) is 0 Å². The summed E-state index contributed by atoms with van der Waals surface area (Å²) in [5.74, 6) is -0.274. The average molecular weight is 268 g/mol. The Hall–Kier alpha value is -2.89. The summed E-state index contributed by atoms with van der Waals surface area (Å²) in [6.07, 6.45) is 1.53. The van der Waals surface area contributed by atoms with Gasteiger partial charge in [0.1, 0.15) is 0 Å². The Morgan fingerprint density at radius 2 is 2.15 bits per heavy atom. The third-order valence-corrected chi connectivity index (χ3v) is 2.92. The standard InChI is InChI=1S/C14H12N4O2/c1-8-6-12(20-18-8)14(19)17-11-7-16-10-5-3-2-4-9(10)13(11)15/h2-7H,1H3,(H2,15,16)(H,17,19). The van der Waals surface area contributed by atoms with Crippen molar-refractivity contribution in [3.05, 3.63) is 48.0 Å². The van der Waals surface area contributed by atoms with Crippen molar-refractivity contribution in [2.45, 2.75) is 6.92 Å². The number of pyridine rings is 1. The molecule has 1 aromatic carbocycles. The van der Waals surface area contributed by atoms with Crippen LogP contribution in [0.5, 0.6) is 0 Å². The van der Waals surface area contributed by atoms with Crippen molar-refractivity contribution in [2.24, 2.45) is 0 Å². The van der Waals surface area contributed by atoms with E-state index in [1.807, 2.05) is 24.3 Å². The zero-order chi connectivity index (χ0) is 14.1. The second-order valence-corrected chi connectivity index (χ2v) is 4.39. The van der Waals surface area contributed by atoms with Crippen molar-refractivity contribution in [3.63, 3.8) is 0 Å². The highest BCUT2D eigenvalue weighted by molar-refractivity contribution is 6.07. The minimum atomic E-state index is -0.408. The van der Waals surface area contributed by atoms with Gasteiger partial charge in [-0.1, -0.05) is 23.4 Å². The van der Waals surface area contributed by atoms with Crippen molar-refractivity contribution in [1.29, 1.82) is 0 Å². The third kappa shape index (κ3) is 2.07. The van der Waals surface area contributed by atoms with E-state index < -0.39 is 5.91 Å². The molecule has 0 unspecified atom stereocenters.